The number of sulfonamides is 1. The molecule has 1 aliphatic heterocycles. The van der Waals surface area contributed by atoms with E-state index in [1.807, 2.05) is 61.5 Å². The van der Waals surface area contributed by atoms with Crippen molar-refractivity contribution in [2.45, 2.75) is 11.8 Å². The van der Waals surface area contributed by atoms with Crippen LogP contribution in [0.1, 0.15) is 16.7 Å². The van der Waals surface area contributed by atoms with Crippen molar-refractivity contribution in [3.8, 4) is 0 Å². The van der Waals surface area contributed by atoms with E-state index >= 15 is 0 Å². The van der Waals surface area contributed by atoms with Crippen LogP contribution in [0.25, 0.3) is 11.6 Å². The summed E-state index contributed by atoms with van der Waals surface area (Å²) in [6.07, 6.45) is 6.03. The third-order valence-corrected chi connectivity index (χ3v) is 7.64. The maximum absolute atomic E-state index is 13.3. The molecule has 0 bridgehead atoms. The molecule has 0 amide bonds. The summed E-state index contributed by atoms with van der Waals surface area (Å²) in [5.41, 5.74) is 5.30. The van der Waals surface area contributed by atoms with Crippen LogP contribution < -0.4 is 0 Å². The zero-order valence-electron chi connectivity index (χ0n) is 18.2. The SMILES string of the molecule is C=CC1CN(S(=O)(=O)c2ccc(C)cc2)C/C1=C(/C=C/c1ccccc1)c1ccccc1. The van der Waals surface area contributed by atoms with E-state index in [1.165, 1.54) is 0 Å². The summed E-state index contributed by atoms with van der Waals surface area (Å²) in [5.74, 6) is -0.0501. The van der Waals surface area contributed by atoms with Crippen molar-refractivity contribution in [1.29, 1.82) is 0 Å². The fourth-order valence-electron chi connectivity index (χ4n) is 4.00. The molecule has 1 aliphatic rings. The van der Waals surface area contributed by atoms with Gasteiger partial charge in [0.2, 0.25) is 10.0 Å². The molecule has 0 spiro atoms. The van der Waals surface area contributed by atoms with Gasteiger partial charge in [0.15, 0.2) is 0 Å². The summed E-state index contributed by atoms with van der Waals surface area (Å²) < 4.78 is 28.3. The van der Waals surface area contributed by atoms with Crippen molar-refractivity contribution in [1.82, 2.24) is 4.31 Å². The molecule has 0 saturated carbocycles. The van der Waals surface area contributed by atoms with Crippen molar-refractivity contribution in [2.24, 2.45) is 5.92 Å². The van der Waals surface area contributed by atoms with E-state index in [2.05, 4.69) is 43.0 Å². The van der Waals surface area contributed by atoms with E-state index in [9.17, 15) is 8.42 Å². The quantitative estimate of drug-likeness (QED) is 0.442. The Labute approximate surface area is 191 Å². The van der Waals surface area contributed by atoms with Crippen LogP contribution in [-0.2, 0) is 10.0 Å². The van der Waals surface area contributed by atoms with Gasteiger partial charge in [-0.1, -0.05) is 96.6 Å². The smallest absolute Gasteiger partial charge is 0.207 e. The molecule has 0 aromatic heterocycles. The monoisotopic (exact) mass is 441 g/mol. The summed E-state index contributed by atoms with van der Waals surface area (Å²) in [6.45, 7) is 6.70. The number of rotatable bonds is 6. The van der Waals surface area contributed by atoms with Gasteiger partial charge in [-0.2, -0.15) is 4.31 Å². The van der Waals surface area contributed by atoms with Crippen LogP contribution >= 0.6 is 0 Å². The largest absolute Gasteiger partial charge is 0.243 e. The van der Waals surface area contributed by atoms with Crippen LogP contribution in [0, 0.1) is 12.8 Å². The number of nitrogens with zero attached hydrogens (tertiary/aromatic N) is 1. The highest BCUT2D eigenvalue weighted by Crippen LogP contribution is 2.35. The Morgan fingerprint density at radius 3 is 2.19 bits per heavy atom. The minimum atomic E-state index is -3.59. The lowest BCUT2D eigenvalue weighted by Gasteiger charge is -2.16. The van der Waals surface area contributed by atoms with Crippen LogP contribution in [0.15, 0.2) is 114 Å². The van der Waals surface area contributed by atoms with Crippen LogP contribution in [0.5, 0.6) is 0 Å². The summed E-state index contributed by atoms with van der Waals surface area (Å²) >= 11 is 0. The van der Waals surface area contributed by atoms with Gasteiger partial charge in [0.05, 0.1) is 4.90 Å². The zero-order chi connectivity index (χ0) is 22.6. The molecule has 0 aliphatic carbocycles. The van der Waals surface area contributed by atoms with Gasteiger partial charge in [0.25, 0.3) is 0 Å². The minimum Gasteiger partial charge on any atom is -0.207 e. The number of aryl methyl sites for hydroxylation is 1. The van der Waals surface area contributed by atoms with Crippen molar-refractivity contribution in [2.75, 3.05) is 13.1 Å². The second-order valence-electron chi connectivity index (χ2n) is 8.00. The number of allylic oxidation sites excluding steroid dienone is 2. The van der Waals surface area contributed by atoms with Gasteiger partial charge in [-0.3, -0.25) is 0 Å². The Morgan fingerprint density at radius 2 is 1.56 bits per heavy atom. The fraction of sp³-hybridized carbons (Fsp3) is 0.143. The zero-order valence-corrected chi connectivity index (χ0v) is 19.0. The first kappa shape index (κ1) is 22.0. The van der Waals surface area contributed by atoms with E-state index in [0.717, 1.165) is 27.8 Å². The molecule has 3 aromatic carbocycles. The van der Waals surface area contributed by atoms with Gasteiger partial charge in [-0.25, -0.2) is 8.42 Å². The first-order chi connectivity index (χ1) is 15.5. The lowest BCUT2D eigenvalue weighted by molar-refractivity contribution is 0.471. The fourth-order valence-corrected chi connectivity index (χ4v) is 5.44. The molecule has 0 radical (unpaired) electrons. The van der Waals surface area contributed by atoms with Gasteiger partial charge >= 0.3 is 0 Å². The Bertz CT molecular complexity index is 1240. The number of hydrogen-bond donors (Lipinski definition) is 0. The van der Waals surface area contributed by atoms with Gasteiger partial charge in [-0.05, 0) is 41.3 Å². The highest BCUT2D eigenvalue weighted by molar-refractivity contribution is 7.89. The predicted molar refractivity (Wildman–Crippen MR) is 132 cm³/mol. The van der Waals surface area contributed by atoms with Crippen LogP contribution in [0.3, 0.4) is 0 Å². The van der Waals surface area contributed by atoms with E-state index in [4.69, 9.17) is 0 Å². The second kappa shape index (κ2) is 9.51. The van der Waals surface area contributed by atoms with Crippen molar-refractivity contribution >= 4 is 21.7 Å². The van der Waals surface area contributed by atoms with Crippen LogP contribution in [-0.4, -0.2) is 25.8 Å². The van der Waals surface area contributed by atoms with Gasteiger partial charge < -0.3 is 0 Å². The lowest BCUT2D eigenvalue weighted by Crippen LogP contribution is -2.28. The number of benzene rings is 3. The second-order valence-corrected chi connectivity index (χ2v) is 9.94. The molecular formula is C28H27NO2S. The molecule has 162 valence electrons. The molecule has 4 rings (SSSR count). The van der Waals surface area contributed by atoms with Gasteiger partial charge in [-0.15, -0.1) is 6.58 Å². The average Bonchev–Trinajstić information content (AvgIpc) is 3.26. The van der Waals surface area contributed by atoms with E-state index < -0.39 is 10.0 Å². The Balaban J connectivity index is 1.76. The minimum absolute atomic E-state index is 0.0501. The van der Waals surface area contributed by atoms with E-state index in [1.54, 1.807) is 16.4 Å². The summed E-state index contributed by atoms with van der Waals surface area (Å²) in [7, 11) is -3.59. The molecule has 1 unspecified atom stereocenters. The predicted octanol–water partition coefficient (Wildman–Crippen LogP) is 5.97. The summed E-state index contributed by atoms with van der Waals surface area (Å²) in [5, 5.41) is 0. The lowest BCUT2D eigenvalue weighted by atomic mass is 9.92. The summed E-state index contributed by atoms with van der Waals surface area (Å²) in [4.78, 5) is 0.327. The molecule has 1 heterocycles. The maximum atomic E-state index is 13.3. The van der Waals surface area contributed by atoms with E-state index in [-0.39, 0.29) is 5.92 Å². The first-order valence-corrected chi connectivity index (χ1v) is 12.1. The van der Waals surface area contributed by atoms with Crippen LogP contribution in [0.4, 0.5) is 0 Å². The summed E-state index contributed by atoms with van der Waals surface area (Å²) in [6, 6.07) is 27.3. The normalized spacial score (nSPS) is 18.7. The molecule has 3 aromatic rings. The van der Waals surface area contributed by atoms with Crippen molar-refractivity contribution in [3.63, 3.8) is 0 Å². The molecular weight excluding hydrogens is 414 g/mol. The Kier molecular flexibility index (Phi) is 6.54. The number of hydrogen-bond acceptors (Lipinski definition) is 2. The molecule has 32 heavy (non-hydrogen) atoms. The molecule has 1 atom stereocenters. The topological polar surface area (TPSA) is 37.4 Å². The molecule has 4 heteroatoms. The molecule has 3 nitrogen and oxygen atoms in total. The average molecular weight is 442 g/mol. The molecule has 1 fully saturated rings. The molecule has 1 saturated heterocycles. The van der Waals surface area contributed by atoms with E-state index in [0.29, 0.717) is 18.0 Å². The Morgan fingerprint density at radius 1 is 0.938 bits per heavy atom. The Hall–Kier alpha value is -3.21. The third kappa shape index (κ3) is 4.67. The first-order valence-electron chi connectivity index (χ1n) is 10.7. The van der Waals surface area contributed by atoms with Crippen molar-refractivity contribution < 1.29 is 8.42 Å². The highest BCUT2D eigenvalue weighted by Gasteiger charge is 2.35. The van der Waals surface area contributed by atoms with Gasteiger partial charge in [0, 0.05) is 19.0 Å². The van der Waals surface area contributed by atoms with Crippen molar-refractivity contribution in [3.05, 3.63) is 126 Å². The third-order valence-electron chi connectivity index (χ3n) is 5.81. The standard InChI is InChI=1S/C28H27NO2S/c1-3-24-20-29(32(30,31)26-17-14-22(2)15-18-26)21-28(24)27(25-12-8-5-9-13-25)19-16-23-10-6-4-7-11-23/h3-19,24H,1,20-21H2,2H3/b19-16+,28-27+. The van der Waals surface area contributed by atoms with Gasteiger partial charge in [0.1, 0.15) is 0 Å². The maximum Gasteiger partial charge on any atom is 0.243 e. The highest BCUT2D eigenvalue weighted by atomic mass is 32.2. The molecule has 0 N–H and O–H groups in total. The van der Waals surface area contributed by atoms with Crippen LogP contribution in [0.2, 0.25) is 0 Å².